The van der Waals surface area contributed by atoms with E-state index in [0.29, 0.717) is 10.9 Å². The van der Waals surface area contributed by atoms with Crippen molar-refractivity contribution in [3.63, 3.8) is 0 Å². The summed E-state index contributed by atoms with van der Waals surface area (Å²) in [6.45, 7) is 6.19. The minimum absolute atomic E-state index is 0.216. The highest BCUT2D eigenvalue weighted by molar-refractivity contribution is 7.15. The first-order valence-corrected chi connectivity index (χ1v) is 8.82. The number of para-hydroxylation sites is 1. The van der Waals surface area contributed by atoms with E-state index in [9.17, 15) is 0 Å². The SMILES string of the molecule is CC(C)c1nnc(N2CCC(Oc3ccccc3Cl)CC2)s1. The van der Waals surface area contributed by atoms with Crippen LogP contribution in [0.5, 0.6) is 5.75 Å². The topological polar surface area (TPSA) is 38.2 Å². The molecule has 0 bridgehead atoms. The Labute approximate surface area is 140 Å². The molecule has 0 atom stereocenters. The van der Waals surface area contributed by atoms with Crippen LogP contribution in [0, 0.1) is 0 Å². The van der Waals surface area contributed by atoms with E-state index < -0.39 is 0 Å². The molecule has 2 aromatic rings. The highest BCUT2D eigenvalue weighted by Crippen LogP contribution is 2.30. The van der Waals surface area contributed by atoms with E-state index in [2.05, 4.69) is 28.9 Å². The average molecular weight is 338 g/mol. The van der Waals surface area contributed by atoms with Gasteiger partial charge >= 0.3 is 0 Å². The molecule has 1 aliphatic rings. The van der Waals surface area contributed by atoms with Crippen molar-refractivity contribution in [3.05, 3.63) is 34.3 Å². The number of anilines is 1. The van der Waals surface area contributed by atoms with Gasteiger partial charge < -0.3 is 9.64 Å². The molecule has 22 heavy (non-hydrogen) atoms. The van der Waals surface area contributed by atoms with Crippen molar-refractivity contribution in [3.8, 4) is 5.75 Å². The summed E-state index contributed by atoms with van der Waals surface area (Å²) in [5.41, 5.74) is 0. The number of hydrogen-bond acceptors (Lipinski definition) is 5. The lowest BCUT2D eigenvalue weighted by molar-refractivity contribution is 0.171. The maximum absolute atomic E-state index is 6.15. The Bertz CT molecular complexity index is 623. The second kappa shape index (κ2) is 6.84. The Morgan fingerprint density at radius 1 is 1.23 bits per heavy atom. The number of benzene rings is 1. The third-order valence-corrected chi connectivity index (χ3v) is 5.36. The number of rotatable bonds is 4. The second-order valence-corrected chi connectivity index (χ2v) is 7.21. The number of hydrogen-bond donors (Lipinski definition) is 0. The van der Waals surface area contributed by atoms with Crippen molar-refractivity contribution in [1.29, 1.82) is 0 Å². The van der Waals surface area contributed by atoms with Crippen LogP contribution in [0.2, 0.25) is 5.02 Å². The van der Waals surface area contributed by atoms with Gasteiger partial charge in [-0.05, 0) is 12.1 Å². The van der Waals surface area contributed by atoms with Crippen molar-refractivity contribution in [2.75, 3.05) is 18.0 Å². The number of nitrogens with zero attached hydrogens (tertiary/aromatic N) is 3. The molecule has 0 amide bonds. The summed E-state index contributed by atoms with van der Waals surface area (Å²) in [6, 6.07) is 7.65. The van der Waals surface area contributed by atoms with Crippen LogP contribution < -0.4 is 9.64 Å². The van der Waals surface area contributed by atoms with Gasteiger partial charge in [-0.25, -0.2) is 0 Å². The molecule has 118 valence electrons. The predicted octanol–water partition coefficient (Wildman–Crippen LogP) is 4.36. The summed E-state index contributed by atoms with van der Waals surface area (Å²) in [5.74, 6) is 1.22. The summed E-state index contributed by atoms with van der Waals surface area (Å²) in [5, 5.41) is 11.4. The highest BCUT2D eigenvalue weighted by Gasteiger charge is 2.23. The molecule has 3 rings (SSSR count). The molecule has 0 saturated carbocycles. The van der Waals surface area contributed by atoms with E-state index in [1.807, 2.05) is 24.3 Å². The van der Waals surface area contributed by atoms with Crippen molar-refractivity contribution >= 4 is 28.1 Å². The molecule has 0 N–H and O–H groups in total. The Morgan fingerprint density at radius 3 is 2.59 bits per heavy atom. The van der Waals surface area contributed by atoms with Gasteiger partial charge in [0.2, 0.25) is 5.13 Å². The van der Waals surface area contributed by atoms with Crippen LogP contribution >= 0.6 is 22.9 Å². The number of halogens is 1. The van der Waals surface area contributed by atoms with Crippen LogP contribution in [0.1, 0.15) is 37.6 Å². The summed E-state index contributed by atoms with van der Waals surface area (Å²) < 4.78 is 6.02. The van der Waals surface area contributed by atoms with E-state index in [1.165, 1.54) is 0 Å². The predicted molar refractivity (Wildman–Crippen MR) is 91.3 cm³/mol. The standard InChI is InChI=1S/C16H20ClN3OS/c1-11(2)15-18-19-16(22-15)20-9-7-12(8-10-20)21-14-6-4-3-5-13(14)17/h3-6,11-12H,7-10H2,1-2H3. The molecule has 0 radical (unpaired) electrons. The average Bonchev–Trinajstić information content (AvgIpc) is 3.00. The Morgan fingerprint density at radius 2 is 1.95 bits per heavy atom. The highest BCUT2D eigenvalue weighted by atomic mass is 35.5. The van der Waals surface area contributed by atoms with Crippen molar-refractivity contribution in [1.82, 2.24) is 10.2 Å². The maximum atomic E-state index is 6.15. The van der Waals surface area contributed by atoms with Gasteiger partial charge in [0.05, 0.1) is 5.02 Å². The van der Waals surface area contributed by atoms with Crippen LogP contribution in [-0.2, 0) is 0 Å². The smallest absolute Gasteiger partial charge is 0.208 e. The third kappa shape index (κ3) is 3.52. The van der Waals surface area contributed by atoms with E-state index in [4.69, 9.17) is 16.3 Å². The summed E-state index contributed by atoms with van der Waals surface area (Å²) in [4.78, 5) is 2.30. The van der Waals surface area contributed by atoms with E-state index in [0.717, 1.165) is 41.8 Å². The van der Waals surface area contributed by atoms with Crippen LogP contribution in [0.25, 0.3) is 0 Å². The molecule has 2 heterocycles. The minimum atomic E-state index is 0.216. The van der Waals surface area contributed by atoms with Crippen LogP contribution in [-0.4, -0.2) is 29.4 Å². The fourth-order valence-electron chi connectivity index (χ4n) is 2.47. The van der Waals surface area contributed by atoms with Gasteiger partial charge in [0.15, 0.2) is 0 Å². The van der Waals surface area contributed by atoms with E-state index in [1.54, 1.807) is 11.3 Å². The summed E-state index contributed by atoms with van der Waals surface area (Å²) in [7, 11) is 0. The van der Waals surface area contributed by atoms with Crippen LogP contribution in [0.15, 0.2) is 24.3 Å². The van der Waals surface area contributed by atoms with Crippen LogP contribution in [0.4, 0.5) is 5.13 Å². The molecule has 1 saturated heterocycles. The molecule has 4 nitrogen and oxygen atoms in total. The first kappa shape index (κ1) is 15.6. The fraction of sp³-hybridized carbons (Fsp3) is 0.500. The molecule has 1 fully saturated rings. The normalized spacial score (nSPS) is 16.3. The Hall–Kier alpha value is -1.33. The van der Waals surface area contributed by atoms with Gasteiger partial charge in [-0.15, -0.1) is 10.2 Å². The fourth-order valence-corrected chi connectivity index (χ4v) is 3.55. The maximum Gasteiger partial charge on any atom is 0.208 e. The van der Waals surface area contributed by atoms with Crippen molar-refractivity contribution in [2.45, 2.75) is 38.7 Å². The summed E-state index contributed by atoms with van der Waals surface area (Å²) >= 11 is 7.85. The molecular weight excluding hydrogens is 318 g/mol. The lowest BCUT2D eigenvalue weighted by Crippen LogP contribution is -2.38. The van der Waals surface area contributed by atoms with Crippen molar-refractivity contribution in [2.24, 2.45) is 0 Å². The van der Waals surface area contributed by atoms with Gasteiger partial charge in [-0.3, -0.25) is 0 Å². The van der Waals surface area contributed by atoms with Gasteiger partial charge in [0, 0.05) is 31.8 Å². The van der Waals surface area contributed by atoms with Crippen LogP contribution in [0.3, 0.4) is 0 Å². The Kier molecular flexibility index (Phi) is 4.84. The number of piperidine rings is 1. The monoisotopic (exact) mass is 337 g/mol. The lowest BCUT2D eigenvalue weighted by Gasteiger charge is -2.31. The van der Waals surface area contributed by atoms with Gasteiger partial charge in [0.25, 0.3) is 0 Å². The largest absolute Gasteiger partial charge is 0.489 e. The lowest BCUT2D eigenvalue weighted by atomic mass is 10.1. The van der Waals surface area contributed by atoms with E-state index in [-0.39, 0.29) is 6.10 Å². The first-order valence-electron chi connectivity index (χ1n) is 7.63. The van der Waals surface area contributed by atoms with Gasteiger partial charge in [-0.1, -0.05) is 48.9 Å². The zero-order chi connectivity index (χ0) is 15.5. The minimum Gasteiger partial charge on any atom is -0.489 e. The summed E-state index contributed by atoms with van der Waals surface area (Å²) in [6.07, 6.45) is 2.16. The Balaban J connectivity index is 1.57. The quantitative estimate of drug-likeness (QED) is 0.830. The third-order valence-electron chi connectivity index (χ3n) is 3.77. The first-order chi connectivity index (χ1) is 10.6. The molecular formula is C16H20ClN3OS. The molecule has 0 unspecified atom stereocenters. The molecule has 1 aromatic carbocycles. The molecule has 1 aliphatic heterocycles. The number of aromatic nitrogens is 2. The van der Waals surface area contributed by atoms with E-state index >= 15 is 0 Å². The molecule has 0 aliphatic carbocycles. The zero-order valence-electron chi connectivity index (χ0n) is 12.8. The molecule has 0 spiro atoms. The van der Waals surface area contributed by atoms with Gasteiger partial charge in [-0.2, -0.15) is 0 Å². The molecule has 6 heteroatoms. The second-order valence-electron chi connectivity index (χ2n) is 5.81. The van der Waals surface area contributed by atoms with Gasteiger partial charge in [0.1, 0.15) is 16.9 Å². The number of ether oxygens (including phenoxy) is 1. The van der Waals surface area contributed by atoms with Crippen molar-refractivity contribution < 1.29 is 4.74 Å². The zero-order valence-corrected chi connectivity index (χ0v) is 14.4. The molecule has 1 aromatic heterocycles.